The Bertz CT molecular complexity index is 582. The van der Waals surface area contributed by atoms with E-state index in [1.54, 1.807) is 25.3 Å². The molecule has 0 aliphatic rings. The number of benzene rings is 1. The molecule has 0 radical (unpaired) electrons. The number of hydrogen-bond acceptors (Lipinski definition) is 3. The normalized spacial score (nSPS) is 10.2. The van der Waals surface area contributed by atoms with Crippen molar-refractivity contribution in [1.82, 2.24) is 0 Å². The molecule has 0 aliphatic heterocycles. The van der Waals surface area contributed by atoms with Gasteiger partial charge in [-0.3, -0.25) is 4.79 Å². The maximum atomic E-state index is 11.9. The predicted octanol–water partition coefficient (Wildman–Crippen LogP) is 3.96. The number of halogens is 2. The van der Waals surface area contributed by atoms with E-state index in [2.05, 4.69) is 21.2 Å². The van der Waals surface area contributed by atoms with Gasteiger partial charge in [-0.15, -0.1) is 0 Å². The van der Waals surface area contributed by atoms with Gasteiger partial charge in [-0.1, -0.05) is 15.9 Å². The minimum absolute atomic E-state index is 0.0643. The van der Waals surface area contributed by atoms with Gasteiger partial charge in [0.15, 0.2) is 0 Å². The minimum atomic E-state index is -0.339. The fraction of sp³-hybridized carbons (Fsp3) is 0.0833. The van der Waals surface area contributed by atoms with Crippen molar-refractivity contribution in [2.24, 2.45) is 0 Å². The van der Waals surface area contributed by atoms with Crippen molar-refractivity contribution in [3.8, 4) is 5.75 Å². The average Bonchev–Trinajstić information content (AvgIpc) is 2.74. The molecule has 4 nitrogen and oxygen atoms in total. The summed E-state index contributed by atoms with van der Waals surface area (Å²) in [6, 6.07) is 6.76. The van der Waals surface area contributed by atoms with E-state index in [4.69, 9.17) is 20.8 Å². The van der Waals surface area contributed by atoms with Crippen LogP contribution in [0.2, 0.25) is 5.22 Å². The predicted molar refractivity (Wildman–Crippen MR) is 72.4 cm³/mol. The van der Waals surface area contributed by atoms with Gasteiger partial charge >= 0.3 is 0 Å². The number of hydrogen-bond donors (Lipinski definition) is 1. The van der Waals surface area contributed by atoms with Crippen LogP contribution in [-0.2, 0) is 0 Å². The Hall–Kier alpha value is -1.46. The van der Waals surface area contributed by atoms with Gasteiger partial charge in [0.05, 0.1) is 18.9 Å². The lowest BCUT2D eigenvalue weighted by atomic mass is 10.2. The molecular weight excluding hydrogens is 321 g/mol. The molecule has 0 atom stereocenters. The van der Waals surface area contributed by atoms with E-state index in [9.17, 15) is 4.79 Å². The molecule has 94 valence electrons. The van der Waals surface area contributed by atoms with Gasteiger partial charge < -0.3 is 14.5 Å². The van der Waals surface area contributed by atoms with E-state index >= 15 is 0 Å². The second-order valence-corrected chi connectivity index (χ2v) is 4.70. The van der Waals surface area contributed by atoms with Gasteiger partial charge in [0.2, 0.25) is 5.22 Å². The molecule has 1 amide bonds. The van der Waals surface area contributed by atoms with Gasteiger partial charge in [0.25, 0.3) is 5.91 Å². The molecule has 18 heavy (non-hydrogen) atoms. The lowest BCUT2D eigenvalue weighted by molar-refractivity contribution is 0.102. The third-order valence-corrected chi connectivity index (χ3v) is 2.98. The third kappa shape index (κ3) is 2.86. The highest BCUT2D eigenvalue weighted by molar-refractivity contribution is 9.10. The summed E-state index contributed by atoms with van der Waals surface area (Å²) in [5.41, 5.74) is 0.888. The van der Waals surface area contributed by atoms with Crippen LogP contribution in [-0.4, -0.2) is 13.0 Å². The van der Waals surface area contributed by atoms with Crippen molar-refractivity contribution >= 4 is 39.1 Å². The Morgan fingerprint density at radius 1 is 1.44 bits per heavy atom. The highest BCUT2D eigenvalue weighted by Crippen LogP contribution is 2.25. The molecule has 0 spiro atoms. The summed E-state index contributed by atoms with van der Waals surface area (Å²) in [5.74, 6) is 0.298. The average molecular weight is 331 g/mol. The number of amides is 1. The van der Waals surface area contributed by atoms with Crippen LogP contribution in [0.3, 0.4) is 0 Å². The number of rotatable bonds is 3. The van der Waals surface area contributed by atoms with Crippen molar-refractivity contribution in [3.63, 3.8) is 0 Å². The van der Waals surface area contributed by atoms with Crippen molar-refractivity contribution in [1.29, 1.82) is 0 Å². The largest absolute Gasteiger partial charge is 0.497 e. The summed E-state index contributed by atoms with van der Waals surface area (Å²) < 4.78 is 10.8. The third-order valence-electron chi connectivity index (χ3n) is 2.23. The quantitative estimate of drug-likeness (QED) is 0.927. The summed E-state index contributed by atoms with van der Waals surface area (Å²) in [7, 11) is 1.56. The lowest BCUT2D eigenvalue weighted by Gasteiger charge is -2.07. The molecule has 2 aromatic rings. The standard InChI is InChI=1S/C12H9BrClNO3/c1-17-9-5-7(13)4-8(6-9)15-12(16)10-2-3-18-11(10)14/h2-6H,1H3,(H,15,16). The van der Waals surface area contributed by atoms with Crippen LogP contribution in [0.25, 0.3) is 0 Å². The zero-order valence-corrected chi connectivity index (χ0v) is 11.7. The highest BCUT2D eigenvalue weighted by atomic mass is 79.9. The number of anilines is 1. The van der Waals surface area contributed by atoms with Gasteiger partial charge in [0, 0.05) is 16.2 Å². The van der Waals surface area contributed by atoms with Crippen molar-refractivity contribution in [3.05, 3.63) is 45.8 Å². The molecule has 0 saturated heterocycles. The van der Waals surface area contributed by atoms with Crippen molar-refractivity contribution < 1.29 is 13.9 Å². The first-order valence-electron chi connectivity index (χ1n) is 4.99. The molecular formula is C12H9BrClNO3. The molecule has 1 N–H and O–H groups in total. The van der Waals surface area contributed by atoms with Gasteiger partial charge in [-0.2, -0.15) is 0 Å². The van der Waals surface area contributed by atoms with E-state index in [0.29, 0.717) is 11.4 Å². The van der Waals surface area contributed by atoms with Crippen LogP contribution >= 0.6 is 27.5 Å². The highest BCUT2D eigenvalue weighted by Gasteiger charge is 2.13. The summed E-state index contributed by atoms with van der Waals surface area (Å²) in [4.78, 5) is 11.9. The summed E-state index contributed by atoms with van der Waals surface area (Å²) in [6.07, 6.45) is 1.36. The van der Waals surface area contributed by atoms with E-state index < -0.39 is 0 Å². The summed E-state index contributed by atoms with van der Waals surface area (Å²) in [5, 5.41) is 2.77. The first kappa shape index (κ1) is 13.0. The second kappa shape index (κ2) is 5.46. The molecule has 2 rings (SSSR count). The van der Waals surface area contributed by atoms with Crippen molar-refractivity contribution in [2.45, 2.75) is 0 Å². The van der Waals surface area contributed by atoms with Gasteiger partial charge in [-0.05, 0) is 29.8 Å². The molecule has 6 heteroatoms. The maximum Gasteiger partial charge on any atom is 0.260 e. The Morgan fingerprint density at radius 2 is 2.22 bits per heavy atom. The molecule has 1 aromatic carbocycles. The Balaban J connectivity index is 2.22. The van der Waals surface area contributed by atoms with E-state index in [1.165, 1.54) is 12.3 Å². The van der Waals surface area contributed by atoms with Crippen LogP contribution in [0.15, 0.2) is 39.4 Å². The first-order chi connectivity index (χ1) is 8.60. The smallest absolute Gasteiger partial charge is 0.260 e. The molecule has 0 bridgehead atoms. The monoisotopic (exact) mass is 329 g/mol. The lowest BCUT2D eigenvalue weighted by Crippen LogP contribution is -2.11. The maximum absolute atomic E-state index is 11.9. The number of nitrogens with one attached hydrogen (secondary N) is 1. The minimum Gasteiger partial charge on any atom is -0.497 e. The molecule has 1 heterocycles. The molecule has 0 unspecified atom stereocenters. The van der Waals surface area contributed by atoms with Crippen molar-refractivity contribution in [2.75, 3.05) is 12.4 Å². The molecule has 0 aliphatic carbocycles. The zero-order valence-electron chi connectivity index (χ0n) is 9.37. The Labute approximate surface area is 117 Å². The Kier molecular flexibility index (Phi) is 3.93. The van der Waals surface area contributed by atoms with E-state index in [1.807, 2.05) is 0 Å². The van der Waals surface area contributed by atoms with Crippen LogP contribution in [0, 0.1) is 0 Å². The van der Waals surface area contributed by atoms with Gasteiger partial charge in [-0.25, -0.2) is 0 Å². The second-order valence-electron chi connectivity index (χ2n) is 3.44. The first-order valence-corrected chi connectivity index (χ1v) is 6.16. The zero-order chi connectivity index (χ0) is 13.1. The van der Waals surface area contributed by atoms with Crippen LogP contribution < -0.4 is 10.1 Å². The van der Waals surface area contributed by atoms with Crippen LogP contribution in [0.1, 0.15) is 10.4 Å². The molecule has 0 fully saturated rings. The number of carbonyl (C=O) groups excluding carboxylic acids is 1. The van der Waals surface area contributed by atoms with Crippen LogP contribution in [0.5, 0.6) is 5.75 Å². The number of ether oxygens (including phenoxy) is 1. The van der Waals surface area contributed by atoms with Gasteiger partial charge in [0.1, 0.15) is 5.75 Å². The number of carbonyl (C=O) groups is 1. The fourth-order valence-electron chi connectivity index (χ4n) is 1.41. The number of furan rings is 1. The topological polar surface area (TPSA) is 51.5 Å². The van der Waals surface area contributed by atoms with Crippen LogP contribution in [0.4, 0.5) is 5.69 Å². The Morgan fingerprint density at radius 3 is 2.83 bits per heavy atom. The summed E-state index contributed by atoms with van der Waals surface area (Å²) >= 11 is 9.06. The van der Waals surface area contributed by atoms with E-state index in [-0.39, 0.29) is 16.7 Å². The molecule has 1 aromatic heterocycles. The number of methoxy groups -OCH3 is 1. The SMILES string of the molecule is COc1cc(Br)cc(NC(=O)c2ccoc2Cl)c1. The fourth-order valence-corrected chi connectivity index (χ4v) is 2.08. The molecule has 0 saturated carbocycles. The van der Waals surface area contributed by atoms with E-state index in [0.717, 1.165) is 4.47 Å². The summed E-state index contributed by atoms with van der Waals surface area (Å²) in [6.45, 7) is 0.